The van der Waals surface area contributed by atoms with E-state index in [1.54, 1.807) is 0 Å². The molecule has 5 nitrogen and oxygen atoms in total. The summed E-state index contributed by atoms with van der Waals surface area (Å²) in [5.41, 5.74) is 1.56. The number of hydrogen-bond donors (Lipinski definition) is 2. The molecule has 1 amide bonds. The average molecular weight is 250 g/mol. The molecular formula is C13H22N4O. The first kappa shape index (κ1) is 13.1. The molecule has 0 spiro atoms. The third-order valence-electron chi connectivity index (χ3n) is 3.50. The first-order valence-corrected chi connectivity index (χ1v) is 6.61. The van der Waals surface area contributed by atoms with Crippen LogP contribution in [0.15, 0.2) is 6.07 Å². The number of nitrogens with zero attached hydrogens (tertiary/aromatic N) is 2. The Bertz CT molecular complexity index is 413. The maximum atomic E-state index is 12.3. The van der Waals surface area contributed by atoms with Crippen LogP contribution in [-0.4, -0.2) is 47.7 Å². The van der Waals surface area contributed by atoms with Gasteiger partial charge in [-0.05, 0) is 37.9 Å². The lowest BCUT2D eigenvalue weighted by atomic mass is 10.1. The largest absolute Gasteiger partial charge is 0.337 e. The third kappa shape index (κ3) is 2.72. The smallest absolute Gasteiger partial charge is 0.274 e. The van der Waals surface area contributed by atoms with Crippen LogP contribution in [0.25, 0.3) is 0 Å². The van der Waals surface area contributed by atoms with Gasteiger partial charge in [0.2, 0.25) is 0 Å². The summed E-state index contributed by atoms with van der Waals surface area (Å²) in [7, 11) is 1.95. The van der Waals surface area contributed by atoms with Gasteiger partial charge in [-0.2, -0.15) is 5.10 Å². The zero-order valence-electron chi connectivity index (χ0n) is 11.4. The molecule has 0 radical (unpaired) electrons. The van der Waals surface area contributed by atoms with Gasteiger partial charge in [-0.15, -0.1) is 0 Å². The molecule has 1 aliphatic heterocycles. The second-order valence-corrected chi connectivity index (χ2v) is 5.33. The molecule has 1 atom stereocenters. The minimum absolute atomic E-state index is 0.0525. The molecule has 100 valence electrons. The van der Waals surface area contributed by atoms with Crippen LogP contribution in [0, 0.1) is 5.92 Å². The van der Waals surface area contributed by atoms with Gasteiger partial charge < -0.3 is 10.2 Å². The summed E-state index contributed by atoms with van der Waals surface area (Å²) >= 11 is 0. The Hall–Kier alpha value is -1.36. The number of carbonyl (C=O) groups excluding carboxylic acids is 1. The summed E-state index contributed by atoms with van der Waals surface area (Å²) in [4.78, 5) is 14.2. The first-order chi connectivity index (χ1) is 8.61. The third-order valence-corrected chi connectivity index (χ3v) is 3.50. The second-order valence-electron chi connectivity index (χ2n) is 5.33. The Morgan fingerprint density at radius 2 is 2.44 bits per heavy atom. The maximum absolute atomic E-state index is 12.3. The van der Waals surface area contributed by atoms with E-state index in [0.717, 1.165) is 31.7 Å². The summed E-state index contributed by atoms with van der Waals surface area (Å²) in [6, 6.07) is 1.87. The van der Waals surface area contributed by atoms with Crippen molar-refractivity contribution in [2.75, 3.05) is 26.7 Å². The highest BCUT2D eigenvalue weighted by atomic mass is 16.2. The summed E-state index contributed by atoms with van der Waals surface area (Å²) in [5.74, 6) is 0.994. The maximum Gasteiger partial charge on any atom is 0.274 e. The van der Waals surface area contributed by atoms with E-state index in [-0.39, 0.29) is 5.91 Å². The Labute approximate surface area is 108 Å². The number of carbonyl (C=O) groups is 1. The predicted octanol–water partition coefficient (Wildman–Crippen LogP) is 1.21. The van der Waals surface area contributed by atoms with Crippen LogP contribution < -0.4 is 5.32 Å². The van der Waals surface area contributed by atoms with Crippen molar-refractivity contribution in [2.24, 2.45) is 5.92 Å². The molecule has 1 aromatic rings. The zero-order chi connectivity index (χ0) is 13.1. The highest BCUT2D eigenvalue weighted by molar-refractivity contribution is 5.92. The van der Waals surface area contributed by atoms with Gasteiger partial charge in [0.05, 0.1) is 0 Å². The fraction of sp³-hybridized carbons (Fsp3) is 0.692. The fourth-order valence-corrected chi connectivity index (χ4v) is 2.38. The van der Waals surface area contributed by atoms with Gasteiger partial charge in [0, 0.05) is 18.8 Å². The van der Waals surface area contributed by atoms with Crippen LogP contribution in [0.4, 0.5) is 0 Å². The molecule has 2 rings (SSSR count). The SMILES string of the molecule is CNCC1CCN(C(=O)c2cc(C(C)C)[nH]n2)C1. The topological polar surface area (TPSA) is 61.0 Å². The van der Waals surface area contributed by atoms with Crippen molar-refractivity contribution in [3.8, 4) is 0 Å². The van der Waals surface area contributed by atoms with E-state index < -0.39 is 0 Å². The van der Waals surface area contributed by atoms with Gasteiger partial charge in [-0.25, -0.2) is 0 Å². The van der Waals surface area contributed by atoms with Gasteiger partial charge in [-0.1, -0.05) is 13.8 Å². The van der Waals surface area contributed by atoms with Crippen molar-refractivity contribution in [3.63, 3.8) is 0 Å². The molecule has 1 unspecified atom stereocenters. The number of nitrogens with one attached hydrogen (secondary N) is 2. The lowest BCUT2D eigenvalue weighted by molar-refractivity contribution is 0.0781. The molecule has 5 heteroatoms. The highest BCUT2D eigenvalue weighted by Crippen LogP contribution is 2.19. The molecule has 2 heterocycles. The van der Waals surface area contributed by atoms with Gasteiger partial charge >= 0.3 is 0 Å². The van der Waals surface area contributed by atoms with Crippen LogP contribution >= 0.6 is 0 Å². The molecule has 0 aromatic carbocycles. The molecule has 0 saturated carbocycles. The fourth-order valence-electron chi connectivity index (χ4n) is 2.38. The van der Waals surface area contributed by atoms with E-state index in [1.165, 1.54) is 0 Å². The van der Waals surface area contributed by atoms with Gasteiger partial charge in [0.1, 0.15) is 5.69 Å². The van der Waals surface area contributed by atoms with Crippen molar-refractivity contribution in [1.29, 1.82) is 0 Å². The Kier molecular flexibility index (Phi) is 4.01. The van der Waals surface area contributed by atoms with Gasteiger partial charge in [-0.3, -0.25) is 9.89 Å². The molecule has 0 aliphatic carbocycles. The Morgan fingerprint density at radius 3 is 3.06 bits per heavy atom. The Morgan fingerprint density at radius 1 is 1.67 bits per heavy atom. The molecule has 1 saturated heterocycles. The van der Waals surface area contributed by atoms with E-state index in [1.807, 2.05) is 18.0 Å². The molecule has 1 fully saturated rings. The standard InChI is InChI=1S/C13H22N4O/c1-9(2)11-6-12(16-15-11)13(18)17-5-4-10(8-17)7-14-3/h6,9-10,14H,4-5,7-8H2,1-3H3,(H,15,16). The van der Waals surface area contributed by atoms with Gasteiger partial charge in [0.25, 0.3) is 5.91 Å². The normalized spacial score (nSPS) is 19.8. The zero-order valence-corrected chi connectivity index (χ0v) is 11.4. The summed E-state index contributed by atoms with van der Waals surface area (Å²) in [6.07, 6.45) is 1.08. The van der Waals surface area contributed by atoms with Crippen molar-refractivity contribution >= 4 is 5.91 Å². The molecule has 2 N–H and O–H groups in total. The molecule has 18 heavy (non-hydrogen) atoms. The average Bonchev–Trinajstić information content (AvgIpc) is 2.97. The lowest BCUT2D eigenvalue weighted by Gasteiger charge is -2.14. The number of H-pyrrole nitrogens is 1. The van der Waals surface area contributed by atoms with E-state index in [0.29, 0.717) is 17.5 Å². The van der Waals surface area contributed by atoms with Crippen molar-refractivity contribution in [3.05, 3.63) is 17.5 Å². The number of aromatic nitrogens is 2. The van der Waals surface area contributed by atoms with Crippen LogP contribution in [-0.2, 0) is 0 Å². The van der Waals surface area contributed by atoms with Crippen LogP contribution in [0.3, 0.4) is 0 Å². The Balaban J connectivity index is 1.99. The monoisotopic (exact) mass is 250 g/mol. The number of rotatable bonds is 4. The predicted molar refractivity (Wildman–Crippen MR) is 70.6 cm³/mol. The number of amides is 1. The van der Waals surface area contributed by atoms with Crippen molar-refractivity contribution in [1.82, 2.24) is 20.4 Å². The molecular weight excluding hydrogens is 228 g/mol. The summed E-state index contributed by atoms with van der Waals surface area (Å²) < 4.78 is 0. The second kappa shape index (κ2) is 5.52. The molecule has 1 aliphatic rings. The van der Waals surface area contributed by atoms with Crippen molar-refractivity contribution in [2.45, 2.75) is 26.2 Å². The van der Waals surface area contributed by atoms with E-state index in [2.05, 4.69) is 29.4 Å². The van der Waals surface area contributed by atoms with Gasteiger partial charge in [0.15, 0.2) is 0 Å². The minimum atomic E-state index is 0.0525. The number of hydrogen-bond acceptors (Lipinski definition) is 3. The lowest BCUT2D eigenvalue weighted by Crippen LogP contribution is -2.30. The van der Waals surface area contributed by atoms with Crippen LogP contribution in [0.2, 0.25) is 0 Å². The number of aromatic amines is 1. The highest BCUT2D eigenvalue weighted by Gasteiger charge is 2.27. The summed E-state index contributed by atoms with van der Waals surface area (Å²) in [5, 5.41) is 10.2. The quantitative estimate of drug-likeness (QED) is 0.844. The number of likely N-dealkylation sites (tertiary alicyclic amines) is 1. The van der Waals surface area contributed by atoms with Crippen molar-refractivity contribution < 1.29 is 4.79 Å². The minimum Gasteiger partial charge on any atom is -0.337 e. The molecule has 1 aromatic heterocycles. The van der Waals surface area contributed by atoms with E-state index in [9.17, 15) is 4.79 Å². The molecule has 0 bridgehead atoms. The van der Waals surface area contributed by atoms with E-state index >= 15 is 0 Å². The van der Waals surface area contributed by atoms with Crippen LogP contribution in [0.1, 0.15) is 42.4 Å². The summed E-state index contributed by atoms with van der Waals surface area (Å²) in [6.45, 7) is 6.82. The first-order valence-electron chi connectivity index (χ1n) is 6.61. The van der Waals surface area contributed by atoms with Crippen LogP contribution in [0.5, 0.6) is 0 Å². The van der Waals surface area contributed by atoms with E-state index in [4.69, 9.17) is 0 Å².